The average Bonchev–Trinajstić information content (AvgIpc) is 2.99. The first-order valence-corrected chi connectivity index (χ1v) is 7.66. The van der Waals surface area contributed by atoms with Crippen LogP contribution < -0.4 is 5.32 Å². The Morgan fingerprint density at radius 2 is 2.28 bits per heavy atom. The predicted molar refractivity (Wildman–Crippen MR) is 76.7 cm³/mol. The molecule has 1 heterocycles. The van der Waals surface area contributed by atoms with Crippen molar-refractivity contribution in [1.82, 2.24) is 5.32 Å². The summed E-state index contributed by atoms with van der Waals surface area (Å²) in [4.78, 5) is 0. The number of benzene rings is 1. The molecule has 1 N–H and O–H groups in total. The predicted octanol–water partition coefficient (Wildman–Crippen LogP) is 3.45. The van der Waals surface area contributed by atoms with Crippen LogP contribution in [0.4, 0.5) is 0 Å². The van der Waals surface area contributed by atoms with E-state index in [0.717, 1.165) is 13.2 Å². The van der Waals surface area contributed by atoms with Gasteiger partial charge in [0.25, 0.3) is 0 Å². The fourth-order valence-electron chi connectivity index (χ4n) is 3.18. The first-order chi connectivity index (χ1) is 8.75. The molecular weight excluding hydrogens is 290 g/mol. The summed E-state index contributed by atoms with van der Waals surface area (Å²) in [5.41, 5.74) is 2.97. The zero-order chi connectivity index (χ0) is 12.5. The van der Waals surface area contributed by atoms with Crippen molar-refractivity contribution in [2.45, 2.75) is 38.3 Å². The lowest BCUT2D eigenvalue weighted by atomic mass is 9.98. The molecule has 0 radical (unpaired) electrons. The molecule has 3 heteroatoms. The SMILES string of the molecule is CC(NC1CCc2c(Br)cccc21)C1CCOC1. The first kappa shape index (κ1) is 12.6. The van der Waals surface area contributed by atoms with Crippen LogP contribution in [0.1, 0.15) is 36.9 Å². The van der Waals surface area contributed by atoms with Gasteiger partial charge < -0.3 is 10.1 Å². The maximum absolute atomic E-state index is 5.48. The van der Waals surface area contributed by atoms with Gasteiger partial charge in [0.2, 0.25) is 0 Å². The van der Waals surface area contributed by atoms with Gasteiger partial charge in [-0.3, -0.25) is 0 Å². The van der Waals surface area contributed by atoms with E-state index in [1.165, 1.54) is 34.9 Å². The van der Waals surface area contributed by atoms with E-state index in [-0.39, 0.29) is 0 Å². The summed E-state index contributed by atoms with van der Waals surface area (Å²) >= 11 is 3.66. The maximum Gasteiger partial charge on any atom is 0.0509 e. The van der Waals surface area contributed by atoms with Gasteiger partial charge in [0.05, 0.1) is 6.61 Å². The number of hydrogen-bond donors (Lipinski definition) is 1. The van der Waals surface area contributed by atoms with E-state index in [0.29, 0.717) is 18.0 Å². The molecule has 0 saturated carbocycles. The van der Waals surface area contributed by atoms with Crippen molar-refractivity contribution in [3.05, 3.63) is 33.8 Å². The molecule has 1 aliphatic carbocycles. The van der Waals surface area contributed by atoms with Gasteiger partial charge >= 0.3 is 0 Å². The molecule has 3 atom stereocenters. The summed E-state index contributed by atoms with van der Waals surface area (Å²) in [6, 6.07) is 7.63. The van der Waals surface area contributed by atoms with E-state index in [2.05, 4.69) is 46.4 Å². The Morgan fingerprint density at radius 3 is 3.06 bits per heavy atom. The Morgan fingerprint density at radius 1 is 1.39 bits per heavy atom. The Hall–Kier alpha value is -0.380. The van der Waals surface area contributed by atoms with Crippen molar-refractivity contribution < 1.29 is 4.74 Å². The Balaban J connectivity index is 1.70. The Labute approximate surface area is 117 Å². The molecule has 0 spiro atoms. The first-order valence-electron chi connectivity index (χ1n) is 6.87. The monoisotopic (exact) mass is 309 g/mol. The summed E-state index contributed by atoms with van der Waals surface area (Å²) < 4.78 is 6.75. The standard InChI is InChI=1S/C15H20BrNO/c1-10(11-7-8-18-9-11)17-15-6-5-12-13(15)3-2-4-14(12)16/h2-4,10-11,15,17H,5-9H2,1H3. The molecule has 1 fully saturated rings. The van der Waals surface area contributed by atoms with Crippen LogP contribution in [0.5, 0.6) is 0 Å². The van der Waals surface area contributed by atoms with Gasteiger partial charge in [-0.05, 0) is 49.3 Å². The highest BCUT2D eigenvalue weighted by molar-refractivity contribution is 9.10. The second kappa shape index (κ2) is 5.32. The fraction of sp³-hybridized carbons (Fsp3) is 0.600. The maximum atomic E-state index is 5.48. The zero-order valence-electron chi connectivity index (χ0n) is 10.8. The van der Waals surface area contributed by atoms with E-state index in [1.54, 1.807) is 0 Å². The zero-order valence-corrected chi connectivity index (χ0v) is 12.4. The van der Waals surface area contributed by atoms with Crippen LogP contribution in [-0.4, -0.2) is 19.3 Å². The molecule has 0 amide bonds. The number of hydrogen-bond acceptors (Lipinski definition) is 2. The van der Waals surface area contributed by atoms with E-state index >= 15 is 0 Å². The minimum absolute atomic E-state index is 0.521. The molecule has 2 nitrogen and oxygen atoms in total. The molecule has 1 aromatic rings. The van der Waals surface area contributed by atoms with Crippen LogP contribution in [0.25, 0.3) is 0 Å². The van der Waals surface area contributed by atoms with Crippen molar-refractivity contribution in [3.8, 4) is 0 Å². The van der Waals surface area contributed by atoms with Gasteiger partial charge in [-0.1, -0.05) is 28.1 Å². The molecule has 2 aliphatic rings. The number of ether oxygens (including phenoxy) is 1. The van der Waals surface area contributed by atoms with E-state index < -0.39 is 0 Å². The Bertz CT molecular complexity index is 429. The molecule has 3 rings (SSSR count). The lowest BCUT2D eigenvalue weighted by molar-refractivity contribution is 0.176. The quantitative estimate of drug-likeness (QED) is 0.923. The third kappa shape index (κ3) is 2.36. The molecule has 1 saturated heterocycles. The Kier molecular flexibility index (Phi) is 3.73. The minimum Gasteiger partial charge on any atom is -0.381 e. The second-order valence-electron chi connectivity index (χ2n) is 5.48. The normalized spacial score (nSPS) is 28.3. The molecule has 98 valence electrons. The van der Waals surface area contributed by atoms with Crippen molar-refractivity contribution in [2.24, 2.45) is 5.92 Å². The molecule has 0 bridgehead atoms. The lowest BCUT2D eigenvalue weighted by Crippen LogP contribution is -2.36. The summed E-state index contributed by atoms with van der Waals surface area (Å²) in [5.74, 6) is 0.682. The molecular formula is C15H20BrNO. The van der Waals surface area contributed by atoms with Gasteiger partial charge in [0.15, 0.2) is 0 Å². The number of rotatable bonds is 3. The highest BCUT2D eigenvalue weighted by Gasteiger charge is 2.28. The topological polar surface area (TPSA) is 21.3 Å². The van der Waals surface area contributed by atoms with Crippen LogP contribution in [0.3, 0.4) is 0 Å². The van der Waals surface area contributed by atoms with E-state index in [4.69, 9.17) is 4.74 Å². The van der Waals surface area contributed by atoms with Crippen LogP contribution >= 0.6 is 15.9 Å². The average molecular weight is 310 g/mol. The molecule has 3 unspecified atom stereocenters. The largest absolute Gasteiger partial charge is 0.381 e. The van der Waals surface area contributed by atoms with Crippen molar-refractivity contribution in [3.63, 3.8) is 0 Å². The third-order valence-electron chi connectivity index (χ3n) is 4.35. The minimum atomic E-state index is 0.521. The molecule has 18 heavy (non-hydrogen) atoms. The highest BCUT2D eigenvalue weighted by atomic mass is 79.9. The van der Waals surface area contributed by atoms with Crippen molar-refractivity contribution in [2.75, 3.05) is 13.2 Å². The molecule has 0 aromatic heterocycles. The summed E-state index contributed by atoms with van der Waals surface area (Å²) in [6.45, 7) is 4.16. The molecule has 1 aromatic carbocycles. The van der Waals surface area contributed by atoms with Crippen molar-refractivity contribution >= 4 is 15.9 Å². The van der Waals surface area contributed by atoms with Gasteiger partial charge in [0.1, 0.15) is 0 Å². The van der Waals surface area contributed by atoms with Crippen LogP contribution in [0, 0.1) is 5.92 Å². The van der Waals surface area contributed by atoms with E-state index in [9.17, 15) is 0 Å². The van der Waals surface area contributed by atoms with Crippen molar-refractivity contribution in [1.29, 1.82) is 0 Å². The van der Waals surface area contributed by atoms with Gasteiger partial charge in [0, 0.05) is 23.2 Å². The highest BCUT2D eigenvalue weighted by Crippen LogP contribution is 2.36. The summed E-state index contributed by atoms with van der Waals surface area (Å²) in [6.07, 6.45) is 3.60. The van der Waals surface area contributed by atoms with Gasteiger partial charge in [-0.2, -0.15) is 0 Å². The van der Waals surface area contributed by atoms with Crippen LogP contribution in [0.2, 0.25) is 0 Å². The third-order valence-corrected chi connectivity index (χ3v) is 5.09. The lowest BCUT2D eigenvalue weighted by Gasteiger charge is -2.24. The summed E-state index contributed by atoms with van der Waals surface area (Å²) in [5, 5.41) is 3.80. The smallest absolute Gasteiger partial charge is 0.0509 e. The van der Waals surface area contributed by atoms with Gasteiger partial charge in [-0.25, -0.2) is 0 Å². The molecule has 1 aliphatic heterocycles. The van der Waals surface area contributed by atoms with Gasteiger partial charge in [-0.15, -0.1) is 0 Å². The number of halogens is 1. The fourth-order valence-corrected chi connectivity index (χ4v) is 3.76. The van der Waals surface area contributed by atoms with E-state index in [1.807, 2.05) is 0 Å². The second-order valence-corrected chi connectivity index (χ2v) is 6.33. The van der Waals surface area contributed by atoms with Crippen LogP contribution in [0.15, 0.2) is 22.7 Å². The number of fused-ring (bicyclic) bond motifs is 1. The van der Waals surface area contributed by atoms with Crippen LogP contribution in [-0.2, 0) is 11.2 Å². The summed E-state index contributed by atoms with van der Waals surface area (Å²) in [7, 11) is 0. The number of nitrogens with one attached hydrogen (secondary N) is 1.